The van der Waals surface area contributed by atoms with Crippen LogP contribution in [0.4, 0.5) is 0 Å². The largest absolute Gasteiger partial charge is 0.338 e. The Morgan fingerprint density at radius 1 is 1.16 bits per heavy atom. The Balaban J connectivity index is 1.64. The minimum Gasteiger partial charge on any atom is -0.338 e. The van der Waals surface area contributed by atoms with Gasteiger partial charge in [-0.3, -0.25) is 14.6 Å². The maximum Gasteiger partial charge on any atom is 0.228 e. The van der Waals surface area contributed by atoms with Crippen molar-refractivity contribution >= 4 is 11.8 Å². The molecule has 1 saturated heterocycles. The molecule has 0 N–H and O–H groups in total. The molecule has 5 heteroatoms. The third kappa shape index (κ3) is 3.20. The Labute approximate surface area is 148 Å². The maximum atomic E-state index is 13.3. The van der Waals surface area contributed by atoms with Crippen molar-refractivity contribution in [1.82, 2.24) is 14.8 Å². The molecule has 2 amide bonds. The number of piperidine rings is 1. The standard InChI is InChI=1S/C20H25N3O2/c1-14-8-12-22(13-9-14)20(25)17-4-5-18(24)23(16-2-3-16)19(17)15-6-10-21-11-7-15/h6-8,10-11,16-17,19H,2-5,9,12-13H2,1H3/t17-,19+/m0/s1. The summed E-state index contributed by atoms with van der Waals surface area (Å²) in [6.45, 7) is 3.61. The summed E-state index contributed by atoms with van der Waals surface area (Å²) in [7, 11) is 0. The summed E-state index contributed by atoms with van der Waals surface area (Å²) in [5, 5.41) is 0. The quantitative estimate of drug-likeness (QED) is 0.796. The van der Waals surface area contributed by atoms with Gasteiger partial charge < -0.3 is 9.80 Å². The van der Waals surface area contributed by atoms with Crippen LogP contribution in [0.25, 0.3) is 0 Å². The minimum absolute atomic E-state index is 0.142. The van der Waals surface area contributed by atoms with Gasteiger partial charge in [0.05, 0.1) is 12.0 Å². The zero-order valence-electron chi connectivity index (χ0n) is 14.7. The van der Waals surface area contributed by atoms with Gasteiger partial charge in [-0.05, 0) is 50.3 Å². The summed E-state index contributed by atoms with van der Waals surface area (Å²) in [6, 6.07) is 4.08. The molecule has 0 spiro atoms. The lowest BCUT2D eigenvalue weighted by molar-refractivity contribution is -0.148. The molecule has 1 aliphatic carbocycles. The number of likely N-dealkylation sites (tertiary alicyclic amines) is 1. The molecule has 1 saturated carbocycles. The first kappa shape index (κ1) is 16.3. The van der Waals surface area contributed by atoms with E-state index >= 15 is 0 Å². The first-order chi connectivity index (χ1) is 12.1. The third-order valence-corrected chi connectivity index (χ3v) is 5.69. The number of aromatic nitrogens is 1. The molecule has 2 atom stereocenters. The topological polar surface area (TPSA) is 53.5 Å². The van der Waals surface area contributed by atoms with E-state index in [9.17, 15) is 9.59 Å². The second-order valence-corrected chi connectivity index (χ2v) is 7.49. The van der Waals surface area contributed by atoms with Crippen LogP contribution in [-0.4, -0.2) is 45.7 Å². The molecule has 1 aromatic rings. The van der Waals surface area contributed by atoms with Gasteiger partial charge in [0.2, 0.25) is 11.8 Å². The summed E-state index contributed by atoms with van der Waals surface area (Å²) in [5.41, 5.74) is 2.39. The summed E-state index contributed by atoms with van der Waals surface area (Å²) in [4.78, 5) is 34.0. The first-order valence-electron chi connectivity index (χ1n) is 9.30. The molecule has 0 radical (unpaired) electrons. The Morgan fingerprint density at radius 2 is 1.92 bits per heavy atom. The molecule has 2 aliphatic heterocycles. The van der Waals surface area contributed by atoms with Gasteiger partial charge in [0.25, 0.3) is 0 Å². The molecule has 0 aromatic carbocycles. The molecular formula is C20H25N3O2. The van der Waals surface area contributed by atoms with Crippen molar-refractivity contribution in [2.75, 3.05) is 13.1 Å². The Hall–Kier alpha value is -2.17. The third-order valence-electron chi connectivity index (χ3n) is 5.69. The molecule has 1 aromatic heterocycles. The SMILES string of the molecule is CC1=CCN(C(=O)[C@H]2CCC(=O)N(C3CC3)[C@@H]2c2ccncc2)CC1. The summed E-state index contributed by atoms with van der Waals surface area (Å²) < 4.78 is 0. The van der Waals surface area contributed by atoms with Crippen LogP contribution in [-0.2, 0) is 9.59 Å². The molecule has 0 unspecified atom stereocenters. The highest BCUT2D eigenvalue weighted by Gasteiger charge is 2.47. The molecule has 0 bridgehead atoms. The number of nitrogens with zero attached hydrogens (tertiary/aromatic N) is 3. The van der Waals surface area contributed by atoms with Crippen molar-refractivity contribution < 1.29 is 9.59 Å². The first-order valence-corrected chi connectivity index (χ1v) is 9.30. The van der Waals surface area contributed by atoms with Crippen LogP contribution in [0.5, 0.6) is 0 Å². The summed E-state index contributed by atoms with van der Waals surface area (Å²) in [5.74, 6) is 0.249. The van der Waals surface area contributed by atoms with Crippen molar-refractivity contribution in [3.8, 4) is 0 Å². The number of hydrogen-bond acceptors (Lipinski definition) is 3. The lowest BCUT2D eigenvalue weighted by Crippen LogP contribution is -2.50. The average molecular weight is 339 g/mol. The second-order valence-electron chi connectivity index (χ2n) is 7.49. The van der Waals surface area contributed by atoms with E-state index in [0.29, 0.717) is 25.4 Å². The van der Waals surface area contributed by atoms with E-state index in [4.69, 9.17) is 0 Å². The lowest BCUT2D eigenvalue weighted by Gasteiger charge is -2.43. The molecule has 3 aliphatic rings. The average Bonchev–Trinajstić information content (AvgIpc) is 3.47. The van der Waals surface area contributed by atoms with E-state index in [1.807, 2.05) is 21.9 Å². The van der Waals surface area contributed by atoms with Crippen LogP contribution in [0, 0.1) is 5.92 Å². The highest BCUT2D eigenvalue weighted by molar-refractivity contribution is 5.85. The van der Waals surface area contributed by atoms with Crippen molar-refractivity contribution in [2.24, 2.45) is 5.92 Å². The van der Waals surface area contributed by atoms with E-state index < -0.39 is 0 Å². The lowest BCUT2D eigenvalue weighted by atomic mass is 9.83. The molecular weight excluding hydrogens is 314 g/mol. The van der Waals surface area contributed by atoms with Crippen LogP contribution in [0.1, 0.15) is 50.6 Å². The van der Waals surface area contributed by atoms with Gasteiger partial charge in [-0.1, -0.05) is 11.6 Å². The fourth-order valence-electron chi connectivity index (χ4n) is 4.12. The van der Waals surface area contributed by atoms with Crippen molar-refractivity contribution in [1.29, 1.82) is 0 Å². The van der Waals surface area contributed by atoms with Gasteiger partial charge in [0.1, 0.15) is 0 Å². The van der Waals surface area contributed by atoms with Crippen LogP contribution in [0.15, 0.2) is 36.2 Å². The Bertz CT molecular complexity index is 696. The number of rotatable bonds is 3. The second kappa shape index (κ2) is 6.62. The molecule has 4 rings (SSSR count). The van der Waals surface area contributed by atoms with Crippen LogP contribution < -0.4 is 0 Å². The van der Waals surface area contributed by atoms with Crippen molar-refractivity contribution in [2.45, 2.75) is 51.1 Å². The van der Waals surface area contributed by atoms with Gasteiger partial charge in [-0.2, -0.15) is 0 Å². The normalized spacial score (nSPS) is 27.2. The van der Waals surface area contributed by atoms with Crippen LogP contribution in [0.3, 0.4) is 0 Å². The van der Waals surface area contributed by atoms with E-state index in [-0.39, 0.29) is 23.8 Å². The zero-order valence-corrected chi connectivity index (χ0v) is 14.7. The predicted molar refractivity (Wildman–Crippen MR) is 94.5 cm³/mol. The molecule has 132 valence electrons. The van der Waals surface area contributed by atoms with Crippen molar-refractivity contribution in [3.05, 3.63) is 41.7 Å². The zero-order chi connectivity index (χ0) is 17.4. The molecule has 2 fully saturated rings. The molecule has 5 nitrogen and oxygen atoms in total. The van der Waals surface area contributed by atoms with Crippen molar-refractivity contribution in [3.63, 3.8) is 0 Å². The monoisotopic (exact) mass is 339 g/mol. The Kier molecular flexibility index (Phi) is 4.32. The summed E-state index contributed by atoms with van der Waals surface area (Å²) >= 11 is 0. The summed E-state index contributed by atoms with van der Waals surface area (Å²) in [6.07, 6.45) is 9.85. The number of pyridine rings is 1. The molecule has 25 heavy (non-hydrogen) atoms. The highest BCUT2D eigenvalue weighted by Crippen LogP contribution is 2.44. The predicted octanol–water partition coefficient (Wildman–Crippen LogP) is 2.70. The minimum atomic E-state index is -0.146. The fourth-order valence-corrected chi connectivity index (χ4v) is 4.12. The van der Waals surface area contributed by atoms with E-state index in [1.54, 1.807) is 12.4 Å². The van der Waals surface area contributed by atoms with Gasteiger partial charge in [0.15, 0.2) is 0 Å². The number of carbonyl (C=O) groups excluding carboxylic acids is 2. The van der Waals surface area contributed by atoms with E-state index in [0.717, 1.165) is 31.4 Å². The Morgan fingerprint density at radius 3 is 2.56 bits per heavy atom. The van der Waals surface area contributed by atoms with E-state index in [2.05, 4.69) is 18.0 Å². The van der Waals surface area contributed by atoms with Gasteiger partial charge >= 0.3 is 0 Å². The highest BCUT2D eigenvalue weighted by atomic mass is 16.2. The number of amides is 2. The van der Waals surface area contributed by atoms with Gasteiger partial charge in [-0.15, -0.1) is 0 Å². The maximum absolute atomic E-state index is 13.3. The molecule has 3 heterocycles. The smallest absolute Gasteiger partial charge is 0.228 e. The number of hydrogen-bond donors (Lipinski definition) is 0. The van der Waals surface area contributed by atoms with E-state index in [1.165, 1.54) is 5.57 Å². The van der Waals surface area contributed by atoms with Gasteiger partial charge in [-0.25, -0.2) is 0 Å². The van der Waals surface area contributed by atoms with Crippen LogP contribution in [0.2, 0.25) is 0 Å². The van der Waals surface area contributed by atoms with Crippen LogP contribution >= 0.6 is 0 Å². The van der Waals surface area contributed by atoms with Gasteiger partial charge in [0, 0.05) is 37.9 Å². The number of carbonyl (C=O) groups is 2. The fraction of sp³-hybridized carbons (Fsp3) is 0.550.